The zero-order valence-corrected chi connectivity index (χ0v) is 21.3. The first-order valence-corrected chi connectivity index (χ1v) is 12.4. The van der Waals surface area contributed by atoms with E-state index in [0.717, 1.165) is 27.7 Å². The molecule has 1 amide bonds. The van der Waals surface area contributed by atoms with Crippen LogP contribution in [0.15, 0.2) is 71.7 Å². The minimum atomic E-state index is -0.240. The molecule has 0 N–H and O–H groups in total. The van der Waals surface area contributed by atoms with Gasteiger partial charge >= 0.3 is 0 Å². The van der Waals surface area contributed by atoms with E-state index >= 15 is 0 Å². The van der Waals surface area contributed by atoms with Crippen LogP contribution in [-0.4, -0.2) is 42.0 Å². The van der Waals surface area contributed by atoms with Gasteiger partial charge in [0.2, 0.25) is 5.91 Å². The summed E-state index contributed by atoms with van der Waals surface area (Å²) in [6, 6.07) is 21.6. The van der Waals surface area contributed by atoms with Gasteiger partial charge in [0, 0.05) is 6.54 Å². The van der Waals surface area contributed by atoms with Gasteiger partial charge in [-0.25, -0.2) is 4.99 Å². The molecule has 1 fully saturated rings. The maximum absolute atomic E-state index is 13.1. The second kappa shape index (κ2) is 11.3. The van der Waals surface area contributed by atoms with E-state index in [-0.39, 0.29) is 11.2 Å². The Hall–Kier alpha value is -3.45. The number of benzene rings is 3. The molecule has 0 aromatic heterocycles. The molecule has 0 spiro atoms. The van der Waals surface area contributed by atoms with Gasteiger partial charge in [0.05, 0.1) is 25.2 Å². The summed E-state index contributed by atoms with van der Waals surface area (Å²) in [7, 11) is 3.26. The lowest BCUT2D eigenvalue weighted by atomic mass is 10.1. The van der Waals surface area contributed by atoms with Gasteiger partial charge in [-0.2, -0.15) is 0 Å². The molecule has 4 rings (SSSR count). The zero-order chi connectivity index (χ0) is 24.8. The smallest absolute Gasteiger partial charge is 0.242 e. The Morgan fingerprint density at radius 3 is 2.29 bits per heavy atom. The van der Waals surface area contributed by atoms with Crippen molar-refractivity contribution in [3.63, 3.8) is 0 Å². The van der Waals surface area contributed by atoms with Gasteiger partial charge in [0.15, 0.2) is 16.7 Å². The molecular formula is C28H30N2O4S. The van der Waals surface area contributed by atoms with E-state index in [1.54, 1.807) is 19.1 Å². The van der Waals surface area contributed by atoms with Crippen molar-refractivity contribution in [3.05, 3.63) is 83.4 Å². The summed E-state index contributed by atoms with van der Waals surface area (Å²) in [6.07, 6.45) is 0.580. The molecule has 1 aliphatic heterocycles. The molecule has 1 saturated heterocycles. The Bertz CT molecular complexity index is 1190. The van der Waals surface area contributed by atoms with Gasteiger partial charge in [0.1, 0.15) is 12.4 Å². The summed E-state index contributed by atoms with van der Waals surface area (Å²) in [5.41, 5.74) is 4.11. The van der Waals surface area contributed by atoms with Crippen LogP contribution in [0.3, 0.4) is 0 Å². The molecule has 0 radical (unpaired) electrons. The van der Waals surface area contributed by atoms with Crippen LogP contribution in [0.25, 0.3) is 0 Å². The van der Waals surface area contributed by atoms with E-state index in [1.807, 2.05) is 49.4 Å². The van der Waals surface area contributed by atoms with Gasteiger partial charge < -0.3 is 14.2 Å². The highest BCUT2D eigenvalue weighted by Crippen LogP contribution is 2.34. The normalized spacial score (nSPS) is 16.6. The third kappa shape index (κ3) is 5.98. The van der Waals surface area contributed by atoms with Crippen LogP contribution in [0.1, 0.15) is 23.6 Å². The molecule has 182 valence electrons. The van der Waals surface area contributed by atoms with Crippen molar-refractivity contribution in [2.24, 2.45) is 4.99 Å². The van der Waals surface area contributed by atoms with Crippen LogP contribution in [-0.2, 0) is 17.8 Å². The zero-order valence-electron chi connectivity index (χ0n) is 20.5. The molecule has 0 saturated carbocycles. The molecule has 35 heavy (non-hydrogen) atoms. The second-order valence-corrected chi connectivity index (χ2v) is 9.41. The van der Waals surface area contributed by atoms with E-state index in [4.69, 9.17) is 19.2 Å². The van der Waals surface area contributed by atoms with E-state index in [0.29, 0.717) is 31.1 Å². The number of nitrogens with zero attached hydrogens (tertiary/aromatic N) is 2. The van der Waals surface area contributed by atoms with Crippen LogP contribution in [0.2, 0.25) is 0 Å². The van der Waals surface area contributed by atoms with Crippen molar-refractivity contribution in [2.45, 2.75) is 32.1 Å². The lowest BCUT2D eigenvalue weighted by Crippen LogP contribution is -2.32. The molecule has 0 unspecified atom stereocenters. The van der Waals surface area contributed by atoms with Gasteiger partial charge in [-0.15, -0.1) is 0 Å². The molecule has 6 nitrogen and oxygen atoms in total. The van der Waals surface area contributed by atoms with E-state index in [9.17, 15) is 4.79 Å². The highest BCUT2D eigenvalue weighted by molar-refractivity contribution is 8.15. The quantitative estimate of drug-likeness (QED) is 0.380. The average Bonchev–Trinajstić information content (AvgIpc) is 3.17. The molecule has 1 aliphatic rings. The van der Waals surface area contributed by atoms with E-state index in [2.05, 4.69) is 31.2 Å². The molecule has 3 aromatic carbocycles. The number of hydrogen-bond donors (Lipinski definition) is 0. The van der Waals surface area contributed by atoms with E-state index < -0.39 is 0 Å². The first kappa shape index (κ1) is 24.7. The van der Waals surface area contributed by atoms with Crippen molar-refractivity contribution in [2.75, 3.05) is 20.8 Å². The molecule has 7 heteroatoms. The van der Waals surface area contributed by atoms with Crippen molar-refractivity contribution < 1.29 is 19.0 Å². The number of amidine groups is 1. The SMILES string of the molecule is CCN1C(=O)[C@H](Cc2ccc(OCc3ccc(C)cc3)c(OC)c2)SC1=Nc1ccc(OC)cc1. The maximum atomic E-state index is 13.1. The van der Waals surface area contributed by atoms with Crippen LogP contribution >= 0.6 is 11.8 Å². The number of carbonyl (C=O) groups is 1. The third-order valence-electron chi connectivity index (χ3n) is 5.80. The number of hydrogen-bond acceptors (Lipinski definition) is 6. The van der Waals surface area contributed by atoms with Crippen LogP contribution in [0.4, 0.5) is 5.69 Å². The lowest BCUT2D eigenvalue weighted by Gasteiger charge is -2.14. The Morgan fingerprint density at radius 2 is 1.63 bits per heavy atom. The summed E-state index contributed by atoms with van der Waals surface area (Å²) < 4.78 is 16.8. The number of aryl methyl sites for hydroxylation is 1. The van der Waals surface area contributed by atoms with Crippen LogP contribution in [0.5, 0.6) is 17.2 Å². The number of aliphatic imine (C=N–C) groups is 1. The van der Waals surface area contributed by atoms with Crippen molar-refractivity contribution in [1.82, 2.24) is 4.90 Å². The number of rotatable bonds is 9. The molecule has 0 aliphatic carbocycles. The summed E-state index contributed by atoms with van der Waals surface area (Å²) in [5.74, 6) is 2.18. The topological polar surface area (TPSA) is 60.4 Å². The van der Waals surface area contributed by atoms with Gasteiger partial charge in [-0.1, -0.05) is 47.7 Å². The highest BCUT2D eigenvalue weighted by Gasteiger charge is 2.37. The lowest BCUT2D eigenvalue weighted by molar-refractivity contribution is -0.126. The highest BCUT2D eigenvalue weighted by atomic mass is 32.2. The number of amides is 1. The first-order valence-electron chi connectivity index (χ1n) is 11.6. The standard InChI is InChI=1S/C28H30N2O4S/c1-5-30-27(31)26(35-28(30)29-22-11-13-23(32-3)14-12-22)17-21-10-15-24(25(16-21)33-4)34-18-20-8-6-19(2)7-9-20/h6-16,26H,5,17-18H2,1-4H3/t26-/m0/s1. The number of methoxy groups -OCH3 is 2. The summed E-state index contributed by atoms with van der Waals surface area (Å²) in [4.78, 5) is 19.6. The van der Waals surface area contributed by atoms with Crippen molar-refractivity contribution in [1.29, 1.82) is 0 Å². The van der Waals surface area contributed by atoms with Crippen molar-refractivity contribution >= 4 is 28.5 Å². The predicted octanol–water partition coefficient (Wildman–Crippen LogP) is 5.79. The minimum absolute atomic E-state index is 0.0726. The summed E-state index contributed by atoms with van der Waals surface area (Å²) in [6.45, 7) is 5.07. The fourth-order valence-electron chi connectivity index (χ4n) is 3.80. The Morgan fingerprint density at radius 1 is 0.914 bits per heavy atom. The molecule has 3 aromatic rings. The maximum Gasteiger partial charge on any atom is 0.242 e. The van der Waals surface area contributed by atoms with Gasteiger partial charge in [0.25, 0.3) is 0 Å². The van der Waals surface area contributed by atoms with Gasteiger partial charge in [-0.05, 0) is 67.8 Å². The van der Waals surface area contributed by atoms with Crippen LogP contribution in [0, 0.1) is 6.92 Å². The Kier molecular flexibility index (Phi) is 7.98. The monoisotopic (exact) mass is 490 g/mol. The van der Waals surface area contributed by atoms with Crippen LogP contribution < -0.4 is 14.2 Å². The molecule has 0 bridgehead atoms. The number of ether oxygens (including phenoxy) is 3. The third-order valence-corrected chi connectivity index (χ3v) is 6.97. The average molecular weight is 491 g/mol. The number of carbonyl (C=O) groups excluding carboxylic acids is 1. The van der Waals surface area contributed by atoms with Gasteiger partial charge in [-0.3, -0.25) is 9.69 Å². The molecule has 1 heterocycles. The fourth-order valence-corrected chi connectivity index (χ4v) is 5.06. The minimum Gasteiger partial charge on any atom is -0.497 e. The predicted molar refractivity (Wildman–Crippen MR) is 141 cm³/mol. The molecule has 1 atom stereocenters. The Labute approximate surface area is 210 Å². The molecular weight excluding hydrogens is 460 g/mol. The largest absolute Gasteiger partial charge is 0.497 e. The van der Waals surface area contributed by atoms with Crippen molar-refractivity contribution in [3.8, 4) is 17.2 Å². The summed E-state index contributed by atoms with van der Waals surface area (Å²) >= 11 is 1.50. The fraction of sp³-hybridized carbons (Fsp3) is 0.286. The summed E-state index contributed by atoms with van der Waals surface area (Å²) in [5, 5.41) is 0.480. The van der Waals surface area contributed by atoms with E-state index in [1.165, 1.54) is 17.3 Å². The second-order valence-electron chi connectivity index (χ2n) is 8.25. The first-order chi connectivity index (χ1) is 17.0. The number of thioether (sulfide) groups is 1. The Balaban J connectivity index is 1.46.